The summed E-state index contributed by atoms with van der Waals surface area (Å²) in [6.45, 7) is 6.50. The first kappa shape index (κ1) is 38.5. The van der Waals surface area contributed by atoms with Crippen LogP contribution in [-0.4, -0.2) is 88.1 Å². The molecule has 53 heavy (non-hydrogen) atoms. The minimum Gasteiger partial charge on any atom is -0.489 e. The fourth-order valence-corrected chi connectivity index (χ4v) is 7.86. The second-order valence-electron chi connectivity index (χ2n) is 14.3. The van der Waals surface area contributed by atoms with Gasteiger partial charge in [-0.15, -0.1) is 0 Å². The standard InChI is InChI=1S/C42H49ClN4O6/c1-30-36(33-10-3-2-4-11-33)13-7-15-42(30,53-19-9-17-46-16-8-12-35(48)27-46)29-52-40-22-39(51-28-32-20-31(23-44)24-45-25-32)34(21-37(40)43)26-47-18-6-5-14-38(47)41(49)50/h2-4,7,10-11,13,15,20-22,24-25,30,35,38,48H,5-6,8-9,12,14,16-19,26-29H2,1H3,(H,49,50)/t30?,35-,38-,42?/m0/s1. The molecule has 6 rings (SSSR count). The van der Waals surface area contributed by atoms with Gasteiger partial charge < -0.3 is 29.3 Å². The summed E-state index contributed by atoms with van der Waals surface area (Å²) in [5.74, 6) is 0.0316. The summed E-state index contributed by atoms with van der Waals surface area (Å²) in [5, 5.41) is 29.9. The minimum atomic E-state index is -0.838. The lowest BCUT2D eigenvalue weighted by molar-refractivity contribution is -0.144. The van der Waals surface area contributed by atoms with E-state index in [1.165, 1.54) is 6.20 Å². The van der Waals surface area contributed by atoms with E-state index >= 15 is 0 Å². The summed E-state index contributed by atoms with van der Waals surface area (Å²) in [6, 6.07) is 17.1. The van der Waals surface area contributed by atoms with Gasteiger partial charge in [0.15, 0.2) is 0 Å². The maximum atomic E-state index is 12.1. The van der Waals surface area contributed by atoms with Crippen molar-refractivity contribution in [3.63, 3.8) is 0 Å². The molecule has 0 bridgehead atoms. The summed E-state index contributed by atoms with van der Waals surface area (Å²) in [6.07, 6.45) is 14.1. The molecule has 280 valence electrons. The Hall–Kier alpha value is -4.24. The fraction of sp³-hybridized carbons (Fsp3) is 0.452. The van der Waals surface area contributed by atoms with Crippen molar-refractivity contribution >= 4 is 23.1 Å². The highest BCUT2D eigenvalue weighted by Crippen LogP contribution is 2.41. The van der Waals surface area contributed by atoms with Crippen molar-refractivity contribution in [3.05, 3.63) is 106 Å². The number of pyridine rings is 1. The molecule has 2 saturated heterocycles. The number of piperidine rings is 2. The molecule has 4 atom stereocenters. The number of carbonyl (C=O) groups is 1. The number of hydrogen-bond donors (Lipinski definition) is 2. The van der Waals surface area contributed by atoms with Crippen LogP contribution in [0.15, 0.2) is 79.2 Å². The van der Waals surface area contributed by atoms with Gasteiger partial charge in [-0.3, -0.25) is 14.7 Å². The predicted molar refractivity (Wildman–Crippen MR) is 204 cm³/mol. The van der Waals surface area contributed by atoms with Crippen molar-refractivity contribution in [1.29, 1.82) is 5.26 Å². The largest absolute Gasteiger partial charge is 0.489 e. The number of aromatic nitrogens is 1. The van der Waals surface area contributed by atoms with Gasteiger partial charge in [0.25, 0.3) is 0 Å². The molecular formula is C42H49ClN4O6. The highest BCUT2D eigenvalue weighted by Gasteiger charge is 2.40. The van der Waals surface area contributed by atoms with E-state index in [2.05, 4.69) is 47.2 Å². The second kappa shape index (κ2) is 18.2. The maximum Gasteiger partial charge on any atom is 0.320 e. The van der Waals surface area contributed by atoms with Crippen molar-refractivity contribution in [3.8, 4) is 17.6 Å². The Morgan fingerprint density at radius 2 is 1.92 bits per heavy atom. The van der Waals surface area contributed by atoms with E-state index in [1.54, 1.807) is 24.4 Å². The second-order valence-corrected chi connectivity index (χ2v) is 14.7. The third-order valence-electron chi connectivity index (χ3n) is 10.6. The lowest BCUT2D eigenvalue weighted by atomic mass is 9.77. The number of hydrogen-bond acceptors (Lipinski definition) is 9. The summed E-state index contributed by atoms with van der Waals surface area (Å²) in [4.78, 5) is 20.6. The molecule has 10 nitrogen and oxygen atoms in total. The number of carboxylic acids is 1. The number of likely N-dealkylation sites (tertiary alicyclic amines) is 2. The van der Waals surface area contributed by atoms with Crippen LogP contribution in [0.4, 0.5) is 0 Å². The molecule has 2 aromatic carbocycles. The number of nitrogens with zero attached hydrogens (tertiary/aromatic N) is 4. The van der Waals surface area contributed by atoms with Crippen LogP contribution in [0.2, 0.25) is 5.02 Å². The lowest BCUT2D eigenvalue weighted by Crippen LogP contribution is -2.46. The Kier molecular flexibility index (Phi) is 13.2. The summed E-state index contributed by atoms with van der Waals surface area (Å²) in [7, 11) is 0. The molecule has 3 heterocycles. The highest BCUT2D eigenvalue weighted by molar-refractivity contribution is 6.32. The van der Waals surface area contributed by atoms with E-state index < -0.39 is 17.6 Å². The van der Waals surface area contributed by atoms with Gasteiger partial charge in [0.1, 0.15) is 42.4 Å². The molecule has 2 N–H and O–H groups in total. The molecular weight excluding hydrogens is 692 g/mol. The molecule has 2 fully saturated rings. The fourth-order valence-electron chi connectivity index (χ4n) is 7.62. The maximum absolute atomic E-state index is 12.1. The van der Waals surface area contributed by atoms with Crippen LogP contribution in [0.1, 0.15) is 67.7 Å². The van der Waals surface area contributed by atoms with Crippen LogP contribution in [0.5, 0.6) is 11.5 Å². The molecule has 2 aliphatic heterocycles. The quantitative estimate of drug-likeness (QED) is 0.159. The van der Waals surface area contributed by atoms with Gasteiger partial charge in [0.05, 0.1) is 16.7 Å². The van der Waals surface area contributed by atoms with Gasteiger partial charge in [0, 0.05) is 61.7 Å². The van der Waals surface area contributed by atoms with Crippen LogP contribution >= 0.6 is 11.6 Å². The minimum absolute atomic E-state index is 0.0626. The number of carboxylic acid groups (broad SMARTS) is 1. The van der Waals surface area contributed by atoms with Gasteiger partial charge in [-0.2, -0.15) is 5.26 Å². The van der Waals surface area contributed by atoms with E-state index in [-0.39, 0.29) is 25.2 Å². The van der Waals surface area contributed by atoms with E-state index in [1.807, 2.05) is 29.2 Å². The van der Waals surface area contributed by atoms with Crippen LogP contribution in [0.3, 0.4) is 0 Å². The van der Waals surface area contributed by atoms with Crippen LogP contribution < -0.4 is 9.47 Å². The monoisotopic (exact) mass is 740 g/mol. The number of aliphatic hydroxyl groups is 1. The molecule has 2 unspecified atom stereocenters. The number of β-amino-alcohol motifs (C(OH)–C–C–N with tert-alkyl or cyclic N) is 1. The van der Waals surface area contributed by atoms with E-state index in [0.29, 0.717) is 54.7 Å². The number of allylic oxidation sites excluding steroid dienone is 2. The third-order valence-corrected chi connectivity index (χ3v) is 10.9. The number of aliphatic carboxylic acids is 1. The Morgan fingerprint density at radius 3 is 2.72 bits per heavy atom. The molecule has 1 aromatic heterocycles. The van der Waals surface area contributed by atoms with E-state index in [4.69, 9.17) is 25.8 Å². The number of aliphatic hydroxyl groups excluding tert-OH is 1. The first-order chi connectivity index (χ1) is 25.7. The van der Waals surface area contributed by atoms with Crippen molar-refractivity contribution in [1.82, 2.24) is 14.8 Å². The van der Waals surface area contributed by atoms with Crippen molar-refractivity contribution in [2.45, 2.75) is 76.3 Å². The van der Waals surface area contributed by atoms with Gasteiger partial charge in [-0.25, -0.2) is 0 Å². The first-order valence-corrected chi connectivity index (χ1v) is 19.0. The zero-order valence-corrected chi connectivity index (χ0v) is 31.1. The average Bonchev–Trinajstić information content (AvgIpc) is 3.17. The normalized spacial score (nSPS) is 23.6. The SMILES string of the molecule is CC1C(c2ccccc2)=CC=CC1(COc1cc(OCc2cncc(C#N)c2)c(CN2CCCC[C@H]2C(=O)O)cc1Cl)OCCCN1CCC[C@H](O)C1. The van der Waals surface area contributed by atoms with E-state index in [9.17, 15) is 20.3 Å². The Labute approximate surface area is 317 Å². The van der Waals surface area contributed by atoms with Crippen molar-refractivity contribution in [2.75, 3.05) is 39.4 Å². The highest BCUT2D eigenvalue weighted by atomic mass is 35.5. The zero-order valence-electron chi connectivity index (χ0n) is 30.3. The number of ether oxygens (including phenoxy) is 3. The van der Waals surface area contributed by atoms with Crippen LogP contribution in [0, 0.1) is 17.2 Å². The first-order valence-electron chi connectivity index (χ1n) is 18.6. The lowest BCUT2D eigenvalue weighted by Gasteiger charge is -2.40. The Balaban J connectivity index is 1.25. The molecule has 11 heteroatoms. The molecule has 0 radical (unpaired) electrons. The average molecular weight is 741 g/mol. The summed E-state index contributed by atoms with van der Waals surface area (Å²) in [5.41, 5.74) is 3.35. The van der Waals surface area contributed by atoms with Gasteiger partial charge in [-0.1, -0.05) is 67.4 Å². The van der Waals surface area contributed by atoms with Gasteiger partial charge >= 0.3 is 5.97 Å². The van der Waals surface area contributed by atoms with Crippen molar-refractivity contribution in [2.24, 2.45) is 5.92 Å². The predicted octanol–water partition coefficient (Wildman–Crippen LogP) is 6.90. The van der Waals surface area contributed by atoms with Gasteiger partial charge in [0.2, 0.25) is 0 Å². The number of benzene rings is 2. The molecule has 3 aromatic rings. The third kappa shape index (κ3) is 9.85. The number of nitriles is 1. The van der Waals surface area contributed by atoms with E-state index in [0.717, 1.165) is 67.5 Å². The Bertz CT molecular complexity index is 1810. The topological polar surface area (TPSA) is 128 Å². The Morgan fingerprint density at radius 1 is 1.08 bits per heavy atom. The van der Waals surface area contributed by atoms with Crippen molar-refractivity contribution < 1.29 is 29.2 Å². The molecule has 0 amide bonds. The molecule has 1 aliphatic carbocycles. The van der Waals surface area contributed by atoms with Crippen LogP contribution in [0.25, 0.3) is 5.57 Å². The van der Waals surface area contributed by atoms with Crippen LogP contribution in [-0.2, 0) is 22.7 Å². The zero-order chi connectivity index (χ0) is 37.2. The number of halogens is 1. The van der Waals surface area contributed by atoms with Gasteiger partial charge in [-0.05, 0) is 74.5 Å². The summed E-state index contributed by atoms with van der Waals surface area (Å²) >= 11 is 6.97. The number of rotatable bonds is 15. The smallest absolute Gasteiger partial charge is 0.320 e. The molecule has 3 aliphatic rings. The molecule has 0 saturated carbocycles. The summed E-state index contributed by atoms with van der Waals surface area (Å²) < 4.78 is 19.8. The molecule has 0 spiro atoms.